The zero-order valence-corrected chi connectivity index (χ0v) is 4.79. The van der Waals surface area contributed by atoms with Gasteiger partial charge in [0.05, 0.1) is 0 Å². The van der Waals surface area contributed by atoms with E-state index in [1.807, 2.05) is 0 Å². The third-order valence-electron chi connectivity index (χ3n) is 0.564. The van der Waals surface area contributed by atoms with E-state index in [1.54, 1.807) is 13.0 Å². The number of amides is 1. The molecule has 3 nitrogen and oxygen atoms in total. The minimum absolute atomic E-state index is 0.0949. The molecule has 0 aliphatic rings. The summed E-state index contributed by atoms with van der Waals surface area (Å²) in [5, 5.41) is 0. The molecule has 0 aromatic carbocycles. The third-order valence-corrected chi connectivity index (χ3v) is 0.564. The van der Waals surface area contributed by atoms with E-state index in [-0.39, 0.29) is 6.04 Å². The largest absolute Gasteiger partial charge is 0.366 e. The van der Waals surface area contributed by atoms with Gasteiger partial charge in [0, 0.05) is 12.1 Å². The molecule has 3 heteroatoms. The van der Waals surface area contributed by atoms with Gasteiger partial charge in [-0.3, -0.25) is 4.79 Å². The van der Waals surface area contributed by atoms with E-state index in [2.05, 4.69) is 0 Å². The fraction of sp³-hybridized carbons (Fsp3) is 0.400. The van der Waals surface area contributed by atoms with Gasteiger partial charge in [-0.25, -0.2) is 0 Å². The predicted molar refractivity (Wildman–Crippen MR) is 32.0 cm³/mol. The summed E-state index contributed by atoms with van der Waals surface area (Å²) in [6, 6.07) is -0.0949. The molecular formula is C5H10N2O. The van der Waals surface area contributed by atoms with Crippen LogP contribution in [0.5, 0.6) is 0 Å². The Kier molecular flexibility index (Phi) is 2.88. The van der Waals surface area contributed by atoms with Crippen LogP contribution < -0.4 is 11.5 Å². The second-order valence-corrected chi connectivity index (χ2v) is 1.62. The number of hydrogen-bond donors (Lipinski definition) is 2. The third kappa shape index (κ3) is 5.17. The predicted octanol–water partition coefficient (Wildman–Crippen LogP) is -0.625. The van der Waals surface area contributed by atoms with Crippen LogP contribution in [0, 0.1) is 0 Å². The van der Waals surface area contributed by atoms with Gasteiger partial charge < -0.3 is 11.5 Å². The van der Waals surface area contributed by atoms with Crippen molar-refractivity contribution in [1.29, 1.82) is 0 Å². The van der Waals surface area contributed by atoms with Gasteiger partial charge in [0.25, 0.3) is 0 Å². The van der Waals surface area contributed by atoms with Crippen LogP contribution in [-0.4, -0.2) is 11.9 Å². The van der Waals surface area contributed by atoms with Crippen LogP contribution in [0.1, 0.15) is 6.92 Å². The summed E-state index contributed by atoms with van der Waals surface area (Å²) in [4.78, 5) is 9.98. The van der Waals surface area contributed by atoms with Gasteiger partial charge in [0.2, 0.25) is 5.91 Å². The van der Waals surface area contributed by atoms with Gasteiger partial charge >= 0.3 is 0 Å². The first-order chi connectivity index (χ1) is 3.63. The lowest BCUT2D eigenvalue weighted by Gasteiger charge is -1.89. The molecule has 0 aliphatic carbocycles. The van der Waals surface area contributed by atoms with Crippen molar-refractivity contribution in [3.8, 4) is 0 Å². The minimum Gasteiger partial charge on any atom is -0.366 e. The molecule has 0 aromatic heterocycles. The van der Waals surface area contributed by atoms with Gasteiger partial charge in [-0.05, 0) is 6.92 Å². The van der Waals surface area contributed by atoms with E-state index >= 15 is 0 Å². The molecule has 46 valence electrons. The average Bonchev–Trinajstić information content (AvgIpc) is 1.61. The van der Waals surface area contributed by atoms with Gasteiger partial charge in [-0.1, -0.05) is 6.08 Å². The van der Waals surface area contributed by atoms with Gasteiger partial charge in [0.15, 0.2) is 0 Å². The van der Waals surface area contributed by atoms with Gasteiger partial charge in [-0.2, -0.15) is 0 Å². The van der Waals surface area contributed by atoms with Crippen LogP contribution in [0.2, 0.25) is 0 Å². The van der Waals surface area contributed by atoms with Gasteiger partial charge in [0.1, 0.15) is 0 Å². The molecule has 8 heavy (non-hydrogen) atoms. The van der Waals surface area contributed by atoms with Crippen molar-refractivity contribution in [2.75, 3.05) is 0 Å². The molecule has 1 amide bonds. The minimum atomic E-state index is -0.456. The Balaban J connectivity index is 3.50. The standard InChI is InChI=1S/C5H10N2O/c1-4(6)2-3-5(7)8/h2-4H,6H2,1H3,(H2,7,8)/b3-2-. The second kappa shape index (κ2) is 3.21. The monoisotopic (exact) mass is 114 g/mol. The number of rotatable bonds is 2. The Bertz CT molecular complexity index is 107. The number of carbonyl (C=O) groups is 1. The maximum Gasteiger partial charge on any atom is 0.241 e. The summed E-state index contributed by atoms with van der Waals surface area (Å²) in [6.45, 7) is 1.76. The molecule has 0 radical (unpaired) electrons. The Hall–Kier alpha value is -0.830. The number of carbonyl (C=O) groups excluding carboxylic acids is 1. The number of nitrogens with two attached hydrogens (primary N) is 2. The van der Waals surface area contributed by atoms with E-state index in [9.17, 15) is 4.79 Å². The first-order valence-electron chi connectivity index (χ1n) is 2.36. The first kappa shape index (κ1) is 7.17. The average molecular weight is 114 g/mol. The van der Waals surface area contributed by atoms with Crippen molar-refractivity contribution < 1.29 is 4.79 Å². The molecule has 0 heterocycles. The molecule has 0 rings (SSSR count). The molecular weight excluding hydrogens is 104 g/mol. The molecule has 0 bridgehead atoms. The molecule has 4 N–H and O–H groups in total. The highest BCUT2D eigenvalue weighted by Gasteiger charge is 1.84. The number of hydrogen-bond acceptors (Lipinski definition) is 2. The van der Waals surface area contributed by atoms with Crippen LogP contribution >= 0.6 is 0 Å². The second-order valence-electron chi connectivity index (χ2n) is 1.62. The summed E-state index contributed by atoms with van der Waals surface area (Å²) in [5.41, 5.74) is 10.0. The zero-order chi connectivity index (χ0) is 6.57. The molecule has 0 aromatic rings. The summed E-state index contributed by atoms with van der Waals surface area (Å²) >= 11 is 0. The quantitative estimate of drug-likeness (QED) is 0.469. The summed E-state index contributed by atoms with van der Waals surface area (Å²) in [6.07, 6.45) is 2.80. The van der Waals surface area contributed by atoms with E-state index < -0.39 is 5.91 Å². The van der Waals surface area contributed by atoms with Crippen LogP contribution in [0.4, 0.5) is 0 Å². The van der Waals surface area contributed by atoms with Crippen LogP contribution in [-0.2, 0) is 4.79 Å². The van der Waals surface area contributed by atoms with Crippen molar-refractivity contribution in [1.82, 2.24) is 0 Å². The molecule has 0 spiro atoms. The SMILES string of the molecule is CC(N)/C=C\C(N)=O. The lowest BCUT2D eigenvalue weighted by atomic mass is 10.3. The lowest BCUT2D eigenvalue weighted by Crippen LogP contribution is -2.13. The van der Waals surface area contributed by atoms with Crippen molar-refractivity contribution in [3.63, 3.8) is 0 Å². The Morgan fingerprint density at radius 1 is 1.75 bits per heavy atom. The van der Waals surface area contributed by atoms with Crippen molar-refractivity contribution in [2.45, 2.75) is 13.0 Å². The normalized spacial score (nSPS) is 14.2. The van der Waals surface area contributed by atoms with Gasteiger partial charge in [-0.15, -0.1) is 0 Å². The number of primary amides is 1. The molecule has 0 fully saturated rings. The van der Waals surface area contributed by atoms with E-state index in [4.69, 9.17) is 11.5 Å². The lowest BCUT2D eigenvalue weighted by molar-refractivity contribution is -0.113. The van der Waals surface area contributed by atoms with E-state index in [1.165, 1.54) is 6.08 Å². The molecule has 1 unspecified atom stereocenters. The highest BCUT2D eigenvalue weighted by molar-refractivity contribution is 5.85. The summed E-state index contributed by atoms with van der Waals surface area (Å²) in [7, 11) is 0. The smallest absolute Gasteiger partial charge is 0.241 e. The summed E-state index contributed by atoms with van der Waals surface area (Å²) < 4.78 is 0. The molecule has 0 saturated heterocycles. The summed E-state index contributed by atoms with van der Waals surface area (Å²) in [5.74, 6) is -0.456. The van der Waals surface area contributed by atoms with Crippen molar-refractivity contribution in [3.05, 3.63) is 12.2 Å². The van der Waals surface area contributed by atoms with Crippen LogP contribution in [0.15, 0.2) is 12.2 Å². The Labute approximate surface area is 48.4 Å². The van der Waals surface area contributed by atoms with E-state index in [0.717, 1.165) is 0 Å². The molecule has 0 saturated carbocycles. The fourth-order valence-electron chi connectivity index (χ4n) is 0.247. The Morgan fingerprint density at radius 2 is 2.25 bits per heavy atom. The maximum atomic E-state index is 9.98. The van der Waals surface area contributed by atoms with Crippen molar-refractivity contribution in [2.24, 2.45) is 11.5 Å². The Morgan fingerprint density at radius 3 is 2.38 bits per heavy atom. The van der Waals surface area contributed by atoms with Crippen LogP contribution in [0.25, 0.3) is 0 Å². The van der Waals surface area contributed by atoms with E-state index in [0.29, 0.717) is 0 Å². The fourth-order valence-corrected chi connectivity index (χ4v) is 0.247. The van der Waals surface area contributed by atoms with Crippen molar-refractivity contribution >= 4 is 5.91 Å². The highest BCUT2D eigenvalue weighted by Crippen LogP contribution is 1.75. The maximum absolute atomic E-state index is 9.98. The molecule has 0 aliphatic heterocycles. The topological polar surface area (TPSA) is 69.1 Å². The first-order valence-corrected chi connectivity index (χ1v) is 2.36. The highest BCUT2D eigenvalue weighted by atomic mass is 16.1. The van der Waals surface area contributed by atoms with Crippen LogP contribution in [0.3, 0.4) is 0 Å². The molecule has 1 atom stereocenters. The zero-order valence-electron chi connectivity index (χ0n) is 4.79.